The number of aromatic hydroxyl groups is 1. The lowest BCUT2D eigenvalue weighted by Gasteiger charge is -2.52. The topological polar surface area (TPSA) is 40.5 Å². The van der Waals surface area contributed by atoms with Crippen LogP contribution < -0.4 is 0 Å². The number of phenols is 1. The van der Waals surface area contributed by atoms with E-state index in [9.17, 15) is 31.9 Å². The minimum absolute atomic E-state index is 0.0425. The first-order chi connectivity index (χ1) is 20.3. The molecule has 1 N–H and O–H groups in total. The van der Waals surface area contributed by atoms with E-state index in [2.05, 4.69) is 4.90 Å². The second-order valence-electron chi connectivity index (χ2n) is 14.0. The molecule has 0 heterocycles. The van der Waals surface area contributed by atoms with Crippen LogP contribution in [0.5, 0.6) is 5.75 Å². The van der Waals surface area contributed by atoms with Gasteiger partial charge in [-0.2, -0.15) is 33.7 Å². The second kappa shape index (κ2) is 11.4. The van der Waals surface area contributed by atoms with Crippen molar-refractivity contribution in [1.29, 1.82) is 0 Å². The summed E-state index contributed by atoms with van der Waals surface area (Å²) in [5.41, 5.74) is 1.81. The van der Waals surface area contributed by atoms with Gasteiger partial charge in [0.25, 0.3) is 0 Å². The van der Waals surface area contributed by atoms with Crippen molar-refractivity contribution in [2.45, 2.75) is 94.8 Å². The van der Waals surface area contributed by atoms with Gasteiger partial charge in [-0.1, -0.05) is 18.9 Å². The number of unbranched alkanes of at least 4 members (excludes halogenated alkanes) is 2. The molecule has 1 aromatic carbocycles. The van der Waals surface area contributed by atoms with E-state index in [0.717, 1.165) is 70.0 Å². The third-order valence-corrected chi connectivity index (χ3v) is 13.1. The summed E-state index contributed by atoms with van der Waals surface area (Å²) in [5, 5.41) is 10.1. The second-order valence-corrected chi connectivity index (χ2v) is 15.3. The quantitative estimate of drug-likeness (QED) is 0.165. The summed E-state index contributed by atoms with van der Waals surface area (Å²) in [7, 11) is 2.02. The van der Waals surface area contributed by atoms with Gasteiger partial charge in [-0.15, -0.1) is 0 Å². The molecule has 2 spiro atoms. The highest BCUT2D eigenvalue weighted by molar-refractivity contribution is 7.99. The lowest BCUT2D eigenvalue weighted by Crippen LogP contribution is -2.44. The van der Waals surface area contributed by atoms with Crippen molar-refractivity contribution in [3.05, 3.63) is 29.3 Å². The van der Waals surface area contributed by atoms with Crippen molar-refractivity contribution in [3.8, 4) is 5.75 Å². The Labute approximate surface area is 254 Å². The van der Waals surface area contributed by atoms with Crippen molar-refractivity contribution in [2.75, 3.05) is 31.6 Å². The third-order valence-electron chi connectivity index (χ3n) is 11.9. The summed E-state index contributed by atoms with van der Waals surface area (Å²) in [6, 6.07) is 5.22. The Hall–Kier alpha value is -1.42. The molecule has 5 aliphatic rings. The number of fused-ring (bicyclic) bond motifs is 4. The predicted molar refractivity (Wildman–Crippen MR) is 155 cm³/mol. The van der Waals surface area contributed by atoms with Crippen molar-refractivity contribution < 1.29 is 36.2 Å². The molecule has 7 unspecified atom stereocenters. The van der Waals surface area contributed by atoms with Crippen LogP contribution in [0.3, 0.4) is 0 Å². The first kappa shape index (κ1) is 31.6. The number of alkyl halides is 6. The minimum Gasteiger partial charge on any atom is -0.508 e. The summed E-state index contributed by atoms with van der Waals surface area (Å²) in [4.78, 5) is 15.3. The zero-order chi connectivity index (χ0) is 30.8. The number of phenolic OH excluding ortho intramolecular Hbond substituents is 1. The molecule has 43 heavy (non-hydrogen) atoms. The zero-order valence-corrected chi connectivity index (χ0v) is 25.6. The number of Topliss-reactive ketones (excluding diaryl/α,β-unsaturated/α-hetero) is 1. The predicted octanol–water partition coefficient (Wildman–Crippen LogP) is 8.71. The van der Waals surface area contributed by atoms with E-state index in [4.69, 9.17) is 0 Å². The lowest BCUT2D eigenvalue weighted by molar-refractivity contribution is -0.284. The standard InChI is InChI=1S/C33H43F6NO2S/c1-40(14-6-16-43-15-5-11-32(35,36)33(37,38)39)13-4-2-3-7-23-28-22(21-9-8-20(41)17-24(21)29(23)34)10-12-30-25(28)18-27(42)31(30)19-26(30)31/h8-9,17,22-23,25-26,28-29,41H,2-7,10-16,18-19H2,1H3/t22?,23-,25?,26?,28?,29?,30?,31?/m0/s1. The summed E-state index contributed by atoms with van der Waals surface area (Å²) in [6.07, 6.45) is 0.323. The maximum Gasteiger partial charge on any atom is 0.453 e. The Morgan fingerprint density at radius 2 is 1.77 bits per heavy atom. The molecule has 240 valence electrons. The van der Waals surface area contributed by atoms with Gasteiger partial charge >= 0.3 is 12.1 Å². The highest BCUT2D eigenvalue weighted by atomic mass is 32.2. The zero-order valence-electron chi connectivity index (χ0n) is 24.8. The molecular formula is C33H43F6NO2S. The van der Waals surface area contributed by atoms with Gasteiger partial charge in [-0.25, -0.2) is 4.39 Å². The van der Waals surface area contributed by atoms with Crippen LogP contribution in [0.25, 0.3) is 0 Å². The molecule has 6 rings (SSSR count). The molecule has 0 aromatic heterocycles. The maximum atomic E-state index is 16.3. The van der Waals surface area contributed by atoms with Gasteiger partial charge in [0.1, 0.15) is 17.7 Å². The Bertz CT molecular complexity index is 1210. The highest BCUT2D eigenvalue weighted by Gasteiger charge is 2.96. The van der Waals surface area contributed by atoms with Gasteiger partial charge in [0.15, 0.2) is 0 Å². The Balaban J connectivity index is 0.945. The number of hydrogen-bond acceptors (Lipinski definition) is 4. The van der Waals surface area contributed by atoms with Crippen LogP contribution in [0.2, 0.25) is 0 Å². The summed E-state index contributed by atoms with van der Waals surface area (Å²) >= 11 is 1.41. The first-order valence-electron chi connectivity index (χ1n) is 16.1. The van der Waals surface area contributed by atoms with E-state index in [-0.39, 0.29) is 46.5 Å². The van der Waals surface area contributed by atoms with Crippen molar-refractivity contribution in [2.24, 2.45) is 34.5 Å². The number of ketones is 1. The molecule has 1 aromatic rings. The van der Waals surface area contributed by atoms with Crippen LogP contribution >= 0.6 is 11.8 Å². The van der Waals surface area contributed by atoms with Crippen molar-refractivity contribution in [3.63, 3.8) is 0 Å². The minimum atomic E-state index is -5.47. The summed E-state index contributed by atoms with van der Waals surface area (Å²) < 4.78 is 79.0. The molecule has 4 saturated carbocycles. The number of thioether (sulfide) groups is 1. The fourth-order valence-electron chi connectivity index (χ4n) is 9.86. The number of nitrogens with zero attached hydrogens (tertiary/aromatic N) is 1. The number of carbonyl (C=O) groups excluding carboxylic acids is 1. The van der Waals surface area contributed by atoms with Crippen LogP contribution in [-0.2, 0) is 4.79 Å². The highest BCUT2D eigenvalue weighted by Crippen LogP contribution is 2.97. The number of carbonyl (C=O) groups is 1. The Morgan fingerprint density at radius 1 is 1.02 bits per heavy atom. The van der Waals surface area contributed by atoms with Crippen LogP contribution in [0.15, 0.2) is 18.2 Å². The van der Waals surface area contributed by atoms with E-state index in [1.807, 2.05) is 13.1 Å². The molecule has 10 heteroatoms. The van der Waals surface area contributed by atoms with Crippen molar-refractivity contribution in [1.82, 2.24) is 4.90 Å². The molecule has 0 saturated heterocycles. The molecule has 4 fully saturated rings. The molecular weight excluding hydrogens is 588 g/mol. The smallest absolute Gasteiger partial charge is 0.453 e. The summed E-state index contributed by atoms with van der Waals surface area (Å²) in [5.74, 6) is -1.88. The molecule has 5 aliphatic carbocycles. The SMILES string of the molecule is CN(CCCCC[C@@H]1C(F)c2cc(O)ccc2C2CCC34C(CC(=O)C35CC54)C21)CCCSCCCC(F)(F)C(F)(F)F. The van der Waals surface area contributed by atoms with E-state index in [1.54, 1.807) is 12.1 Å². The number of rotatable bonds is 14. The molecule has 0 bridgehead atoms. The van der Waals surface area contributed by atoms with Gasteiger partial charge < -0.3 is 10.0 Å². The van der Waals surface area contributed by atoms with E-state index in [1.165, 1.54) is 11.8 Å². The van der Waals surface area contributed by atoms with Crippen LogP contribution in [0, 0.1) is 34.5 Å². The number of hydrogen-bond donors (Lipinski definition) is 1. The van der Waals surface area contributed by atoms with Crippen LogP contribution in [0.1, 0.15) is 93.8 Å². The molecule has 0 radical (unpaired) electrons. The Kier molecular flexibility index (Phi) is 8.39. The van der Waals surface area contributed by atoms with Gasteiger partial charge in [0.2, 0.25) is 0 Å². The average Bonchev–Trinajstić information content (AvgIpc) is 3.81. The number of benzene rings is 1. The maximum absolute atomic E-state index is 16.3. The fraction of sp³-hybridized carbons (Fsp3) is 0.788. The molecule has 0 aliphatic heterocycles. The molecule has 0 amide bonds. The first-order valence-corrected chi connectivity index (χ1v) is 17.2. The lowest BCUT2D eigenvalue weighted by atomic mass is 9.52. The van der Waals surface area contributed by atoms with Gasteiger partial charge in [0, 0.05) is 18.3 Å². The van der Waals surface area contributed by atoms with Gasteiger partial charge in [-0.05, 0) is 135 Å². The molecule has 3 nitrogen and oxygen atoms in total. The van der Waals surface area contributed by atoms with Gasteiger partial charge in [-0.3, -0.25) is 4.79 Å². The monoisotopic (exact) mass is 631 g/mol. The normalized spacial score (nSPS) is 35.7. The molecule has 8 atom stereocenters. The Morgan fingerprint density at radius 3 is 2.49 bits per heavy atom. The van der Waals surface area contributed by atoms with Gasteiger partial charge in [0.05, 0.1) is 0 Å². The third kappa shape index (κ3) is 5.22. The number of halogens is 6. The largest absolute Gasteiger partial charge is 0.508 e. The van der Waals surface area contributed by atoms with Crippen LogP contribution in [-0.4, -0.2) is 59.5 Å². The average molecular weight is 632 g/mol. The van der Waals surface area contributed by atoms with Crippen molar-refractivity contribution >= 4 is 17.5 Å². The fourth-order valence-corrected chi connectivity index (χ4v) is 10.7. The summed E-state index contributed by atoms with van der Waals surface area (Å²) in [6.45, 7) is 1.71. The van der Waals surface area contributed by atoms with E-state index < -0.39 is 24.7 Å². The van der Waals surface area contributed by atoms with Crippen LogP contribution in [0.4, 0.5) is 26.3 Å². The van der Waals surface area contributed by atoms with E-state index in [0.29, 0.717) is 35.4 Å². The van der Waals surface area contributed by atoms with E-state index >= 15 is 4.39 Å².